The van der Waals surface area contributed by atoms with Gasteiger partial charge in [-0.25, -0.2) is 4.98 Å². The summed E-state index contributed by atoms with van der Waals surface area (Å²) in [5, 5.41) is 3.95. The number of rotatable bonds is 4. The molecule has 0 saturated heterocycles. The number of hydrogen-bond acceptors (Lipinski definition) is 4. The van der Waals surface area contributed by atoms with E-state index in [1.54, 1.807) is 0 Å². The Morgan fingerprint density at radius 1 is 1.10 bits per heavy atom. The normalized spacial score (nSPS) is 10.8. The van der Waals surface area contributed by atoms with Gasteiger partial charge in [0.25, 0.3) is 0 Å². The molecule has 0 spiro atoms. The average Bonchev–Trinajstić information content (AvgIpc) is 2.83. The third-order valence-electron chi connectivity index (χ3n) is 3.05. The number of fused-ring (bicyclic) bond motifs is 1. The van der Waals surface area contributed by atoms with E-state index in [1.807, 2.05) is 48.7 Å². The van der Waals surface area contributed by atoms with Gasteiger partial charge in [0.2, 0.25) is 0 Å². The molecule has 2 heterocycles. The van der Waals surface area contributed by atoms with Gasteiger partial charge in [-0.1, -0.05) is 24.3 Å². The van der Waals surface area contributed by atoms with Crippen molar-refractivity contribution in [3.8, 4) is 0 Å². The van der Waals surface area contributed by atoms with Crippen molar-refractivity contribution in [3.05, 3.63) is 58.2 Å². The minimum absolute atomic E-state index is 0.155. The predicted octanol–water partition coefficient (Wildman–Crippen LogP) is 3.35. The molecule has 20 heavy (non-hydrogen) atoms. The molecule has 3 rings (SSSR count). The second kappa shape index (κ2) is 5.51. The van der Waals surface area contributed by atoms with Gasteiger partial charge < -0.3 is 0 Å². The largest absolute Gasteiger partial charge is 0.299 e. The van der Waals surface area contributed by atoms with Gasteiger partial charge >= 0.3 is 0 Å². The summed E-state index contributed by atoms with van der Waals surface area (Å²) >= 11 is 1.54. The fourth-order valence-electron chi connectivity index (χ4n) is 2.12. The van der Waals surface area contributed by atoms with Gasteiger partial charge in [0.1, 0.15) is 10.8 Å². The number of hydrogen-bond donors (Lipinski definition) is 0. The van der Waals surface area contributed by atoms with E-state index in [1.165, 1.54) is 11.3 Å². The maximum Gasteiger partial charge on any atom is 0.145 e. The summed E-state index contributed by atoms with van der Waals surface area (Å²) in [4.78, 5) is 20.9. The quantitative estimate of drug-likeness (QED) is 0.737. The van der Waals surface area contributed by atoms with Crippen LogP contribution >= 0.6 is 11.3 Å². The molecule has 0 aliphatic rings. The minimum atomic E-state index is 0.155. The Morgan fingerprint density at radius 2 is 1.95 bits per heavy atom. The van der Waals surface area contributed by atoms with E-state index >= 15 is 0 Å². The lowest BCUT2D eigenvalue weighted by atomic mass is 10.1. The molecule has 0 radical (unpaired) electrons. The summed E-state index contributed by atoms with van der Waals surface area (Å²) in [6.45, 7) is 1.94. The van der Waals surface area contributed by atoms with Crippen LogP contribution in [-0.2, 0) is 17.6 Å². The molecule has 0 fully saturated rings. The van der Waals surface area contributed by atoms with Crippen molar-refractivity contribution in [1.82, 2.24) is 9.97 Å². The molecule has 1 aromatic carbocycles. The number of para-hydroxylation sites is 1. The number of aromatic nitrogens is 2. The number of pyridine rings is 1. The Bertz CT molecular complexity index is 764. The third-order valence-corrected chi connectivity index (χ3v) is 4.02. The Labute approximate surface area is 121 Å². The zero-order chi connectivity index (χ0) is 13.9. The summed E-state index contributed by atoms with van der Waals surface area (Å²) < 4.78 is 0. The van der Waals surface area contributed by atoms with Crippen LogP contribution in [0.5, 0.6) is 0 Å². The highest BCUT2D eigenvalue weighted by molar-refractivity contribution is 7.09. The van der Waals surface area contributed by atoms with Crippen LogP contribution in [0.2, 0.25) is 0 Å². The molecule has 0 N–H and O–H groups in total. The first-order valence-corrected chi connectivity index (χ1v) is 7.36. The van der Waals surface area contributed by atoms with Crippen molar-refractivity contribution in [2.45, 2.75) is 19.8 Å². The molecule has 0 bridgehead atoms. The average molecular weight is 282 g/mol. The Balaban J connectivity index is 1.73. The maximum absolute atomic E-state index is 12.1. The van der Waals surface area contributed by atoms with Crippen LogP contribution in [0.25, 0.3) is 10.9 Å². The van der Waals surface area contributed by atoms with Crippen molar-refractivity contribution < 1.29 is 4.79 Å². The van der Waals surface area contributed by atoms with E-state index in [2.05, 4.69) is 9.97 Å². The van der Waals surface area contributed by atoms with E-state index in [9.17, 15) is 4.79 Å². The summed E-state index contributed by atoms with van der Waals surface area (Å²) in [5.41, 5.74) is 2.73. The molecule has 0 aliphatic heterocycles. The van der Waals surface area contributed by atoms with E-state index in [4.69, 9.17) is 0 Å². The Hall–Kier alpha value is -2.07. The fraction of sp³-hybridized carbons (Fsp3) is 0.188. The van der Waals surface area contributed by atoms with Gasteiger partial charge in [0, 0.05) is 28.6 Å². The SMILES string of the molecule is Cc1csc(CC(=O)Cc2ccc3ccccc3n2)n1. The summed E-state index contributed by atoms with van der Waals surface area (Å²) in [7, 11) is 0. The molecule has 0 atom stereocenters. The number of carbonyl (C=O) groups excluding carboxylic acids is 1. The van der Waals surface area contributed by atoms with E-state index < -0.39 is 0 Å². The molecular formula is C16H14N2OS. The molecule has 0 aliphatic carbocycles. The summed E-state index contributed by atoms with van der Waals surface area (Å²) in [6.07, 6.45) is 0.760. The van der Waals surface area contributed by atoms with Gasteiger partial charge in [-0.15, -0.1) is 11.3 Å². The molecule has 0 unspecified atom stereocenters. The van der Waals surface area contributed by atoms with Gasteiger partial charge in [0.15, 0.2) is 0 Å². The number of nitrogens with zero attached hydrogens (tertiary/aromatic N) is 2. The molecule has 0 saturated carbocycles. The molecule has 3 nitrogen and oxygen atoms in total. The highest BCUT2D eigenvalue weighted by Gasteiger charge is 2.09. The maximum atomic E-state index is 12.1. The van der Waals surface area contributed by atoms with Gasteiger partial charge in [-0.05, 0) is 19.1 Å². The van der Waals surface area contributed by atoms with Crippen molar-refractivity contribution in [2.75, 3.05) is 0 Å². The monoisotopic (exact) mass is 282 g/mol. The molecule has 0 amide bonds. The van der Waals surface area contributed by atoms with Crippen LogP contribution in [0.3, 0.4) is 0 Å². The number of aryl methyl sites for hydroxylation is 1. The van der Waals surface area contributed by atoms with E-state index in [0.717, 1.165) is 27.3 Å². The zero-order valence-electron chi connectivity index (χ0n) is 11.2. The second-order valence-electron chi connectivity index (χ2n) is 4.77. The number of benzene rings is 1. The summed E-state index contributed by atoms with van der Waals surface area (Å²) in [5.74, 6) is 0.155. The Kier molecular flexibility index (Phi) is 3.56. The molecule has 2 aromatic heterocycles. The van der Waals surface area contributed by atoms with Gasteiger partial charge in [-0.3, -0.25) is 9.78 Å². The van der Waals surface area contributed by atoms with Crippen molar-refractivity contribution in [2.24, 2.45) is 0 Å². The standard InChI is InChI=1S/C16H14N2OS/c1-11-10-20-16(17-11)9-14(19)8-13-7-6-12-4-2-3-5-15(12)18-13/h2-7,10H,8-9H2,1H3. The van der Waals surface area contributed by atoms with E-state index in [-0.39, 0.29) is 5.78 Å². The minimum Gasteiger partial charge on any atom is -0.299 e. The lowest BCUT2D eigenvalue weighted by molar-refractivity contribution is -0.117. The number of ketones is 1. The number of Topliss-reactive ketones (excluding diaryl/α,β-unsaturated/α-hetero) is 1. The highest BCUT2D eigenvalue weighted by Crippen LogP contribution is 2.14. The Morgan fingerprint density at radius 3 is 2.75 bits per heavy atom. The first-order valence-electron chi connectivity index (χ1n) is 6.48. The lowest BCUT2D eigenvalue weighted by Gasteiger charge is -2.02. The third kappa shape index (κ3) is 2.91. The topological polar surface area (TPSA) is 42.9 Å². The van der Waals surface area contributed by atoms with Crippen LogP contribution in [0.1, 0.15) is 16.4 Å². The van der Waals surface area contributed by atoms with Crippen LogP contribution in [0, 0.1) is 6.92 Å². The summed E-state index contributed by atoms with van der Waals surface area (Å²) in [6, 6.07) is 11.9. The van der Waals surface area contributed by atoms with Crippen LogP contribution in [0.4, 0.5) is 0 Å². The van der Waals surface area contributed by atoms with Crippen molar-refractivity contribution in [3.63, 3.8) is 0 Å². The number of carbonyl (C=O) groups is 1. The molecular weight excluding hydrogens is 268 g/mol. The first-order chi connectivity index (χ1) is 9.70. The van der Waals surface area contributed by atoms with Crippen LogP contribution in [0.15, 0.2) is 41.8 Å². The van der Waals surface area contributed by atoms with Crippen LogP contribution in [-0.4, -0.2) is 15.8 Å². The molecule has 100 valence electrons. The lowest BCUT2D eigenvalue weighted by Crippen LogP contribution is -2.07. The highest BCUT2D eigenvalue weighted by atomic mass is 32.1. The zero-order valence-corrected chi connectivity index (χ0v) is 12.0. The van der Waals surface area contributed by atoms with Crippen LogP contribution < -0.4 is 0 Å². The number of thiazole rings is 1. The molecule has 3 aromatic rings. The fourth-order valence-corrected chi connectivity index (χ4v) is 2.92. The molecule has 4 heteroatoms. The van der Waals surface area contributed by atoms with Gasteiger partial charge in [0.05, 0.1) is 11.9 Å². The van der Waals surface area contributed by atoms with Crippen molar-refractivity contribution >= 4 is 28.0 Å². The smallest absolute Gasteiger partial charge is 0.145 e. The first kappa shape index (κ1) is 12.9. The predicted molar refractivity (Wildman–Crippen MR) is 81.0 cm³/mol. The van der Waals surface area contributed by atoms with E-state index in [0.29, 0.717) is 12.8 Å². The van der Waals surface area contributed by atoms with Crippen molar-refractivity contribution in [1.29, 1.82) is 0 Å². The second-order valence-corrected chi connectivity index (χ2v) is 5.71. The van der Waals surface area contributed by atoms with Gasteiger partial charge in [-0.2, -0.15) is 0 Å².